The molecule has 106 valence electrons. The van der Waals surface area contributed by atoms with Gasteiger partial charge in [0.05, 0.1) is 12.1 Å². The molecule has 3 rings (SSSR count). The van der Waals surface area contributed by atoms with Crippen LogP contribution in [-0.4, -0.2) is 11.6 Å². The smallest absolute Gasteiger partial charge is 0.138 e. The highest BCUT2D eigenvalue weighted by Gasteiger charge is 2.11. The summed E-state index contributed by atoms with van der Waals surface area (Å²) in [6.45, 7) is 2.91. The van der Waals surface area contributed by atoms with Gasteiger partial charge in [0.25, 0.3) is 0 Å². The fourth-order valence-electron chi connectivity index (χ4n) is 2.41. The van der Waals surface area contributed by atoms with E-state index in [0.29, 0.717) is 0 Å². The molecule has 2 nitrogen and oxygen atoms in total. The molecule has 0 amide bonds. The Kier molecular flexibility index (Phi) is 4.15. The number of ether oxygens (including phenoxy) is 1. The first kappa shape index (κ1) is 13.6. The van der Waals surface area contributed by atoms with Gasteiger partial charge < -0.3 is 4.74 Å². The van der Waals surface area contributed by atoms with Crippen molar-refractivity contribution >= 4 is 10.9 Å². The summed E-state index contributed by atoms with van der Waals surface area (Å²) in [6.07, 6.45) is 4.10. The predicted octanol–water partition coefficient (Wildman–Crippen LogP) is 5.08. The highest BCUT2D eigenvalue weighted by Crippen LogP contribution is 2.35. The van der Waals surface area contributed by atoms with Crippen molar-refractivity contribution in [2.75, 3.05) is 6.61 Å². The molecule has 0 saturated heterocycles. The van der Waals surface area contributed by atoms with Gasteiger partial charge in [0, 0.05) is 17.1 Å². The molecule has 0 N–H and O–H groups in total. The lowest BCUT2D eigenvalue weighted by atomic mass is 10.0. The largest absolute Gasteiger partial charge is 0.492 e. The Morgan fingerprint density at radius 2 is 1.71 bits per heavy atom. The van der Waals surface area contributed by atoms with Crippen LogP contribution in [0.4, 0.5) is 0 Å². The lowest BCUT2D eigenvalue weighted by molar-refractivity contribution is 0.314. The zero-order valence-corrected chi connectivity index (χ0v) is 12.3. The Balaban J connectivity index is 2.12. The molecule has 0 aliphatic carbocycles. The van der Waals surface area contributed by atoms with E-state index < -0.39 is 0 Å². The fraction of sp³-hybridized carbons (Fsp3) is 0.211. The van der Waals surface area contributed by atoms with Crippen molar-refractivity contribution < 1.29 is 4.74 Å². The van der Waals surface area contributed by atoms with Crippen molar-refractivity contribution in [1.29, 1.82) is 0 Å². The van der Waals surface area contributed by atoms with Crippen molar-refractivity contribution in [3.05, 3.63) is 60.8 Å². The molecule has 0 bridgehead atoms. The number of benzene rings is 2. The molecule has 0 spiro atoms. The first-order valence-corrected chi connectivity index (χ1v) is 7.46. The third-order valence-corrected chi connectivity index (χ3v) is 3.56. The summed E-state index contributed by atoms with van der Waals surface area (Å²) in [4.78, 5) is 4.57. The van der Waals surface area contributed by atoms with Gasteiger partial charge in [0.1, 0.15) is 5.75 Å². The van der Waals surface area contributed by atoms with Crippen LogP contribution in [0, 0.1) is 0 Å². The van der Waals surface area contributed by atoms with Crippen LogP contribution in [0.1, 0.15) is 19.8 Å². The fourth-order valence-corrected chi connectivity index (χ4v) is 2.41. The Labute approximate surface area is 125 Å². The second kappa shape index (κ2) is 6.40. The molecule has 0 fully saturated rings. The number of hydrogen-bond acceptors (Lipinski definition) is 2. The Bertz CT molecular complexity index is 722. The quantitative estimate of drug-likeness (QED) is 0.607. The van der Waals surface area contributed by atoms with Crippen molar-refractivity contribution in [2.24, 2.45) is 0 Å². The van der Waals surface area contributed by atoms with Crippen LogP contribution in [0.5, 0.6) is 5.75 Å². The molecule has 2 aromatic carbocycles. The van der Waals surface area contributed by atoms with E-state index >= 15 is 0 Å². The number of aromatic nitrogens is 1. The van der Waals surface area contributed by atoms with E-state index in [2.05, 4.69) is 30.1 Å². The molecule has 1 aromatic heterocycles. The number of nitrogens with zero attached hydrogens (tertiary/aromatic N) is 1. The first-order valence-electron chi connectivity index (χ1n) is 7.46. The molecule has 0 aliphatic heterocycles. The van der Waals surface area contributed by atoms with Crippen molar-refractivity contribution in [2.45, 2.75) is 19.8 Å². The Morgan fingerprint density at radius 3 is 2.52 bits per heavy atom. The van der Waals surface area contributed by atoms with Gasteiger partial charge in [-0.05, 0) is 24.1 Å². The van der Waals surface area contributed by atoms with E-state index in [-0.39, 0.29) is 0 Å². The molecule has 0 unspecified atom stereocenters. The minimum Gasteiger partial charge on any atom is -0.492 e. The third-order valence-electron chi connectivity index (χ3n) is 3.56. The van der Waals surface area contributed by atoms with Crippen LogP contribution in [0.15, 0.2) is 60.8 Å². The standard InChI is InChI=1S/C19H19NO/c1-2-3-13-21-19-16-11-7-8-12-18(16)20-14-17(19)15-9-5-4-6-10-15/h4-12,14H,2-3,13H2,1H3. The molecular formula is C19H19NO. The first-order chi connectivity index (χ1) is 10.4. The molecular weight excluding hydrogens is 258 g/mol. The summed E-state index contributed by atoms with van der Waals surface area (Å²) in [5.74, 6) is 0.945. The van der Waals surface area contributed by atoms with Crippen LogP contribution in [-0.2, 0) is 0 Å². The summed E-state index contributed by atoms with van der Waals surface area (Å²) in [7, 11) is 0. The number of hydrogen-bond donors (Lipinski definition) is 0. The zero-order valence-electron chi connectivity index (χ0n) is 12.3. The molecule has 0 radical (unpaired) electrons. The highest BCUT2D eigenvalue weighted by atomic mass is 16.5. The molecule has 1 heterocycles. The lowest BCUT2D eigenvalue weighted by Crippen LogP contribution is -2.00. The molecule has 0 saturated carbocycles. The van der Waals surface area contributed by atoms with E-state index in [9.17, 15) is 0 Å². The van der Waals surface area contributed by atoms with Gasteiger partial charge in [-0.25, -0.2) is 0 Å². The average Bonchev–Trinajstić information content (AvgIpc) is 2.56. The Hall–Kier alpha value is -2.35. The van der Waals surface area contributed by atoms with Gasteiger partial charge in [0.15, 0.2) is 0 Å². The van der Waals surface area contributed by atoms with Crippen LogP contribution in [0.2, 0.25) is 0 Å². The minimum atomic E-state index is 0.740. The topological polar surface area (TPSA) is 22.1 Å². The molecule has 0 atom stereocenters. The zero-order chi connectivity index (χ0) is 14.5. The van der Waals surface area contributed by atoms with E-state index in [1.54, 1.807) is 0 Å². The minimum absolute atomic E-state index is 0.740. The lowest BCUT2D eigenvalue weighted by Gasteiger charge is -2.14. The van der Waals surface area contributed by atoms with E-state index in [0.717, 1.165) is 47.2 Å². The number of rotatable bonds is 5. The van der Waals surface area contributed by atoms with E-state index in [1.165, 1.54) is 0 Å². The second-order valence-corrected chi connectivity index (χ2v) is 5.09. The monoisotopic (exact) mass is 277 g/mol. The maximum absolute atomic E-state index is 6.11. The maximum Gasteiger partial charge on any atom is 0.138 e. The van der Waals surface area contributed by atoms with Gasteiger partial charge in [-0.1, -0.05) is 55.8 Å². The normalized spacial score (nSPS) is 10.7. The van der Waals surface area contributed by atoms with Gasteiger partial charge in [0.2, 0.25) is 0 Å². The van der Waals surface area contributed by atoms with Crippen LogP contribution in [0.25, 0.3) is 22.0 Å². The SMILES string of the molecule is CCCCOc1c(-c2ccccc2)cnc2ccccc12. The molecule has 3 aromatic rings. The van der Waals surface area contributed by atoms with Gasteiger partial charge >= 0.3 is 0 Å². The number of para-hydroxylation sites is 1. The molecule has 0 aliphatic rings. The molecule has 21 heavy (non-hydrogen) atoms. The summed E-state index contributed by atoms with van der Waals surface area (Å²) >= 11 is 0. The van der Waals surface area contributed by atoms with Crippen molar-refractivity contribution in [1.82, 2.24) is 4.98 Å². The van der Waals surface area contributed by atoms with E-state index in [4.69, 9.17) is 4.74 Å². The summed E-state index contributed by atoms with van der Waals surface area (Å²) in [5.41, 5.74) is 3.18. The maximum atomic E-state index is 6.11. The average molecular weight is 277 g/mol. The summed E-state index contributed by atoms with van der Waals surface area (Å²) in [5, 5.41) is 1.08. The predicted molar refractivity (Wildman–Crippen MR) is 87.6 cm³/mol. The van der Waals surface area contributed by atoms with Crippen molar-refractivity contribution in [3.8, 4) is 16.9 Å². The third kappa shape index (κ3) is 2.89. The van der Waals surface area contributed by atoms with Crippen LogP contribution < -0.4 is 4.74 Å². The van der Waals surface area contributed by atoms with Gasteiger partial charge in [-0.15, -0.1) is 0 Å². The number of fused-ring (bicyclic) bond motifs is 1. The van der Waals surface area contributed by atoms with Crippen molar-refractivity contribution in [3.63, 3.8) is 0 Å². The Morgan fingerprint density at radius 1 is 0.952 bits per heavy atom. The highest BCUT2D eigenvalue weighted by molar-refractivity contribution is 5.92. The summed E-state index contributed by atoms with van der Waals surface area (Å²) in [6, 6.07) is 18.4. The van der Waals surface area contributed by atoms with E-state index in [1.807, 2.05) is 42.6 Å². The molecule has 2 heteroatoms. The van der Waals surface area contributed by atoms with Gasteiger partial charge in [-0.2, -0.15) is 0 Å². The van der Waals surface area contributed by atoms with Crippen LogP contribution in [0.3, 0.4) is 0 Å². The number of pyridine rings is 1. The number of unbranched alkanes of at least 4 members (excludes halogenated alkanes) is 1. The second-order valence-electron chi connectivity index (χ2n) is 5.09. The summed E-state index contributed by atoms with van der Waals surface area (Å²) < 4.78 is 6.11. The van der Waals surface area contributed by atoms with Gasteiger partial charge in [-0.3, -0.25) is 4.98 Å². The van der Waals surface area contributed by atoms with Crippen LogP contribution >= 0.6 is 0 Å².